The van der Waals surface area contributed by atoms with Crippen LogP contribution in [0, 0.1) is 0 Å². The summed E-state index contributed by atoms with van der Waals surface area (Å²) >= 11 is 1.11. The number of alkyl carbamates (subject to hydrolysis) is 1. The predicted molar refractivity (Wildman–Crippen MR) is 58.1 cm³/mol. The van der Waals surface area contributed by atoms with Crippen molar-refractivity contribution in [2.24, 2.45) is 0 Å². The Morgan fingerprint density at radius 3 is 2.75 bits per heavy atom. The maximum atomic E-state index is 11.4. The number of rotatable bonds is 3. The maximum Gasteiger partial charge on any atom is 0.408 e. The van der Waals surface area contributed by atoms with Gasteiger partial charge in [0.05, 0.1) is 0 Å². The first-order valence-electron chi connectivity index (χ1n) is 4.64. The molecule has 1 heterocycles. The Bertz CT molecular complexity index is 359. The second kappa shape index (κ2) is 5.02. The second-order valence-electron chi connectivity index (χ2n) is 4.09. The highest BCUT2D eigenvalue weighted by atomic mass is 32.1. The fraction of sp³-hybridized carbons (Fsp3) is 0.556. The smallest absolute Gasteiger partial charge is 0.408 e. The zero-order chi connectivity index (χ0) is 12.2. The quantitative estimate of drug-likeness (QED) is 0.809. The van der Waals surface area contributed by atoms with Gasteiger partial charge in [-0.2, -0.15) is 0 Å². The van der Waals surface area contributed by atoms with Crippen LogP contribution in [0.5, 0.6) is 0 Å². The van der Waals surface area contributed by atoms with Crippen LogP contribution in [-0.2, 0) is 9.53 Å². The topological polar surface area (TPSA) is 81.2 Å². The summed E-state index contributed by atoms with van der Waals surface area (Å²) in [4.78, 5) is 22.2. The van der Waals surface area contributed by atoms with E-state index >= 15 is 0 Å². The summed E-state index contributed by atoms with van der Waals surface area (Å²) in [6, 6.07) is -0.811. The predicted octanol–water partition coefficient (Wildman–Crippen LogP) is 1.30. The summed E-state index contributed by atoms with van der Waals surface area (Å²) in [5, 5.41) is 7.70. The van der Waals surface area contributed by atoms with Crippen molar-refractivity contribution >= 4 is 23.9 Å². The fourth-order valence-electron chi connectivity index (χ4n) is 0.920. The Kier molecular flexibility index (Phi) is 3.94. The number of aldehydes is 1. The van der Waals surface area contributed by atoms with Crippen LogP contribution in [-0.4, -0.2) is 27.6 Å². The van der Waals surface area contributed by atoms with E-state index in [1.807, 2.05) is 0 Å². The minimum absolute atomic E-state index is 0.408. The molecule has 1 aromatic heterocycles. The Morgan fingerprint density at radius 1 is 1.62 bits per heavy atom. The number of carbonyl (C=O) groups is 2. The van der Waals surface area contributed by atoms with E-state index in [0.717, 1.165) is 11.5 Å². The van der Waals surface area contributed by atoms with Gasteiger partial charge in [-0.15, -0.1) is 5.10 Å². The van der Waals surface area contributed by atoms with E-state index in [-0.39, 0.29) is 0 Å². The van der Waals surface area contributed by atoms with Crippen LogP contribution in [0.4, 0.5) is 4.79 Å². The van der Waals surface area contributed by atoms with Gasteiger partial charge in [0.25, 0.3) is 0 Å². The summed E-state index contributed by atoms with van der Waals surface area (Å²) < 4.78 is 8.63. The lowest BCUT2D eigenvalue weighted by molar-refractivity contribution is -0.109. The van der Waals surface area contributed by atoms with Gasteiger partial charge in [0, 0.05) is 5.38 Å². The monoisotopic (exact) mass is 243 g/mol. The third-order valence-corrected chi connectivity index (χ3v) is 2.03. The Labute approximate surface area is 97.2 Å². The van der Waals surface area contributed by atoms with E-state index in [9.17, 15) is 9.59 Å². The molecule has 7 heteroatoms. The summed E-state index contributed by atoms with van der Waals surface area (Å²) in [5.74, 6) is 0. The molecule has 0 spiro atoms. The molecule has 88 valence electrons. The molecule has 1 rings (SSSR count). The summed E-state index contributed by atoms with van der Waals surface area (Å²) in [6.45, 7) is 5.23. The van der Waals surface area contributed by atoms with Crippen molar-refractivity contribution < 1.29 is 14.3 Å². The number of aromatic nitrogens is 2. The average Bonchev–Trinajstić information content (AvgIpc) is 2.63. The number of nitrogens with one attached hydrogen (secondary N) is 1. The first-order valence-corrected chi connectivity index (χ1v) is 5.48. The number of ether oxygens (including phenoxy) is 1. The van der Waals surface area contributed by atoms with Crippen molar-refractivity contribution in [1.29, 1.82) is 0 Å². The van der Waals surface area contributed by atoms with Crippen molar-refractivity contribution in [2.75, 3.05) is 0 Å². The molecule has 0 aromatic carbocycles. The Morgan fingerprint density at radius 2 is 2.31 bits per heavy atom. The highest BCUT2D eigenvalue weighted by Gasteiger charge is 2.21. The van der Waals surface area contributed by atoms with E-state index in [1.165, 1.54) is 0 Å². The summed E-state index contributed by atoms with van der Waals surface area (Å²) in [7, 11) is 0. The third-order valence-electron chi connectivity index (χ3n) is 1.50. The first kappa shape index (κ1) is 12.6. The molecule has 6 nitrogen and oxygen atoms in total. The molecule has 1 atom stereocenters. The van der Waals surface area contributed by atoms with Crippen LogP contribution in [0.1, 0.15) is 32.5 Å². The molecule has 16 heavy (non-hydrogen) atoms. The Balaban J connectivity index is 2.58. The zero-order valence-electron chi connectivity index (χ0n) is 9.26. The molecule has 1 N–H and O–H groups in total. The van der Waals surface area contributed by atoms with Gasteiger partial charge in [-0.3, -0.25) is 0 Å². The number of hydrogen-bond donors (Lipinski definition) is 1. The molecule has 0 bridgehead atoms. The Hall–Kier alpha value is -1.50. The molecule has 0 fully saturated rings. The highest BCUT2D eigenvalue weighted by molar-refractivity contribution is 7.03. The van der Waals surface area contributed by atoms with Crippen molar-refractivity contribution in [3.8, 4) is 0 Å². The van der Waals surface area contributed by atoms with Crippen LogP contribution in [0.2, 0.25) is 0 Å². The minimum Gasteiger partial charge on any atom is -0.444 e. The van der Waals surface area contributed by atoms with Crippen LogP contribution < -0.4 is 5.32 Å². The van der Waals surface area contributed by atoms with Gasteiger partial charge in [-0.1, -0.05) is 4.49 Å². The first-order chi connectivity index (χ1) is 7.42. The largest absolute Gasteiger partial charge is 0.444 e. The van der Waals surface area contributed by atoms with Gasteiger partial charge < -0.3 is 14.8 Å². The number of hydrogen-bond acceptors (Lipinski definition) is 6. The number of nitrogens with zero attached hydrogens (tertiary/aromatic N) is 2. The van der Waals surface area contributed by atoms with E-state index in [0.29, 0.717) is 12.0 Å². The number of carbonyl (C=O) groups excluding carboxylic acids is 2. The lowest BCUT2D eigenvalue weighted by Crippen LogP contribution is -2.35. The van der Waals surface area contributed by atoms with Crippen LogP contribution in [0.25, 0.3) is 0 Å². The average molecular weight is 243 g/mol. The molecule has 0 aliphatic heterocycles. The number of amides is 1. The van der Waals surface area contributed by atoms with Crippen molar-refractivity contribution in [3.05, 3.63) is 11.1 Å². The van der Waals surface area contributed by atoms with Gasteiger partial charge >= 0.3 is 6.09 Å². The molecular formula is C9H13N3O3S. The van der Waals surface area contributed by atoms with E-state index in [2.05, 4.69) is 14.9 Å². The lowest BCUT2D eigenvalue weighted by atomic mass is 10.2. The SMILES string of the molecule is CC(C)(C)OC(=O)NC(C=O)c1csnn1. The molecule has 0 aliphatic rings. The van der Waals surface area contributed by atoms with Crippen LogP contribution >= 0.6 is 11.5 Å². The van der Waals surface area contributed by atoms with Gasteiger partial charge in [-0.05, 0) is 32.3 Å². The molecule has 0 aliphatic carbocycles. The van der Waals surface area contributed by atoms with Crippen molar-refractivity contribution in [1.82, 2.24) is 14.9 Å². The maximum absolute atomic E-state index is 11.4. The lowest BCUT2D eigenvalue weighted by Gasteiger charge is -2.20. The normalized spacial score (nSPS) is 12.9. The van der Waals surface area contributed by atoms with Gasteiger partial charge in [-0.25, -0.2) is 4.79 Å². The molecule has 1 unspecified atom stereocenters. The molecule has 0 saturated heterocycles. The second-order valence-corrected chi connectivity index (χ2v) is 4.70. The van der Waals surface area contributed by atoms with Crippen molar-refractivity contribution in [3.63, 3.8) is 0 Å². The molecule has 0 radical (unpaired) electrons. The zero-order valence-corrected chi connectivity index (χ0v) is 10.1. The van der Waals surface area contributed by atoms with Crippen molar-refractivity contribution in [2.45, 2.75) is 32.4 Å². The summed E-state index contributed by atoms with van der Waals surface area (Å²) in [5.41, 5.74) is -0.191. The van der Waals surface area contributed by atoms with Gasteiger partial charge in [0.1, 0.15) is 23.6 Å². The van der Waals surface area contributed by atoms with E-state index < -0.39 is 17.7 Å². The molecular weight excluding hydrogens is 230 g/mol. The minimum atomic E-state index is -0.811. The van der Waals surface area contributed by atoms with Crippen LogP contribution in [0.3, 0.4) is 0 Å². The molecule has 0 saturated carbocycles. The van der Waals surface area contributed by atoms with Crippen LogP contribution in [0.15, 0.2) is 5.38 Å². The third kappa shape index (κ3) is 3.93. The standard InChI is InChI=1S/C9H13N3O3S/c1-9(2,3)15-8(14)10-6(4-13)7-5-16-12-11-7/h4-6H,1-3H3,(H,10,14). The van der Waals surface area contributed by atoms with Gasteiger partial charge in [0.15, 0.2) is 0 Å². The molecule has 1 amide bonds. The van der Waals surface area contributed by atoms with E-state index in [1.54, 1.807) is 26.2 Å². The molecule has 1 aromatic rings. The summed E-state index contributed by atoms with van der Waals surface area (Å²) in [6.07, 6.45) is -0.0710. The highest BCUT2D eigenvalue weighted by Crippen LogP contribution is 2.11. The van der Waals surface area contributed by atoms with Gasteiger partial charge in [0.2, 0.25) is 0 Å². The fourth-order valence-corrected chi connectivity index (χ4v) is 1.41. The van der Waals surface area contributed by atoms with E-state index in [4.69, 9.17) is 4.74 Å².